The molecule has 0 aliphatic carbocycles. The van der Waals surface area contributed by atoms with E-state index >= 15 is 0 Å². The number of carbonyl (C=O) groups excluding carboxylic acids is 2. The molecule has 0 bridgehead atoms. The molecule has 0 radical (unpaired) electrons. The Labute approximate surface area is 205 Å². The number of benzene rings is 1. The van der Waals surface area contributed by atoms with Gasteiger partial charge in [0.15, 0.2) is 5.65 Å². The van der Waals surface area contributed by atoms with E-state index in [2.05, 4.69) is 25.4 Å². The van der Waals surface area contributed by atoms with Gasteiger partial charge in [-0.15, -0.1) is 0 Å². The van der Waals surface area contributed by atoms with Crippen molar-refractivity contribution in [2.24, 2.45) is 5.73 Å². The molecule has 5 rings (SSSR count). The number of aliphatic hydroxyl groups excluding tert-OH is 1. The van der Waals surface area contributed by atoms with Crippen LogP contribution in [-0.2, 0) is 11.3 Å². The van der Waals surface area contributed by atoms with Gasteiger partial charge in [-0.25, -0.2) is 9.97 Å². The van der Waals surface area contributed by atoms with Crippen molar-refractivity contribution in [1.82, 2.24) is 34.9 Å². The lowest BCUT2D eigenvalue weighted by atomic mass is 10.1. The van der Waals surface area contributed by atoms with Crippen molar-refractivity contribution in [2.75, 3.05) is 13.1 Å². The van der Waals surface area contributed by atoms with Crippen LogP contribution in [-0.4, -0.2) is 77.8 Å². The first kappa shape index (κ1) is 23.2. The average Bonchev–Trinajstić information content (AvgIpc) is 3.37. The summed E-state index contributed by atoms with van der Waals surface area (Å²) in [5, 5.41) is 18.6. The average molecular weight is 497 g/mol. The Morgan fingerprint density at radius 3 is 2.83 bits per heavy atom. The summed E-state index contributed by atoms with van der Waals surface area (Å²) in [5.41, 5.74) is 8.57. The van der Waals surface area contributed by atoms with Crippen LogP contribution in [0.1, 0.15) is 24.2 Å². The van der Waals surface area contributed by atoms with Gasteiger partial charge in [0, 0.05) is 35.7 Å². The Morgan fingerprint density at radius 2 is 2.11 bits per heavy atom. The number of aromatic amines is 1. The SMILES string of the molecule is CC(O)Cn1nc(-c2cnc3[nH]cc(C(=O)N[C@H](C)C(=O)N4CC(N)C4)c3n2)c2ccc(Cl)cc21. The van der Waals surface area contributed by atoms with Gasteiger partial charge in [-0.05, 0) is 32.0 Å². The number of nitrogens with zero attached hydrogens (tertiary/aromatic N) is 5. The molecular formula is C23H25ClN8O3. The summed E-state index contributed by atoms with van der Waals surface area (Å²) in [6.07, 6.45) is 2.48. The van der Waals surface area contributed by atoms with Crippen LogP contribution in [0.3, 0.4) is 0 Å². The van der Waals surface area contributed by atoms with Crippen molar-refractivity contribution in [3.8, 4) is 11.4 Å². The highest BCUT2D eigenvalue weighted by molar-refractivity contribution is 6.31. The molecule has 4 aromatic rings. The second kappa shape index (κ2) is 8.91. The van der Waals surface area contributed by atoms with E-state index in [0.717, 1.165) is 10.9 Å². The Balaban J connectivity index is 1.47. The highest BCUT2D eigenvalue weighted by Gasteiger charge is 2.31. The number of rotatable bonds is 6. The molecular weight excluding hydrogens is 472 g/mol. The summed E-state index contributed by atoms with van der Waals surface area (Å²) < 4.78 is 1.67. The molecule has 1 saturated heterocycles. The number of nitrogens with one attached hydrogen (secondary N) is 2. The number of H-pyrrole nitrogens is 1. The smallest absolute Gasteiger partial charge is 0.255 e. The molecule has 1 fully saturated rings. The molecule has 4 heterocycles. The van der Waals surface area contributed by atoms with Crippen LogP contribution in [0.2, 0.25) is 5.02 Å². The highest BCUT2D eigenvalue weighted by Crippen LogP contribution is 2.30. The predicted octanol–water partition coefficient (Wildman–Crippen LogP) is 1.30. The Morgan fingerprint density at radius 1 is 1.34 bits per heavy atom. The third-order valence-electron chi connectivity index (χ3n) is 5.96. The molecule has 5 N–H and O–H groups in total. The second-order valence-electron chi connectivity index (χ2n) is 8.89. The van der Waals surface area contributed by atoms with Crippen LogP contribution in [0.4, 0.5) is 0 Å². The first-order chi connectivity index (χ1) is 16.7. The van der Waals surface area contributed by atoms with Gasteiger partial charge in [-0.1, -0.05) is 11.6 Å². The summed E-state index contributed by atoms with van der Waals surface area (Å²) in [6.45, 7) is 4.57. The van der Waals surface area contributed by atoms with E-state index in [4.69, 9.17) is 17.3 Å². The maximum Gasteiger partial charge on any atom is 0.255 e. The molecule has 1 aromatic carbocycles. The molecule has 2 amide bonds. The van der Waals surface area contributed by atoms with E-state index in [-0.39, 0.29) is 24.1 Å². The number of nitrogens with two attached hydrogens (primary N) is 1. The molecule has 11 nitrogen and oxygen atoms in total. The van der Waals surface area contributed by atoms with Crippen LogP contribution in [0.5, 0.6) is 0 Å². The minimum atomic E-state index is -0.707. The van der Waals surface area contributed by atoms with E-state index in [1.165, 1.54) is 6.20 Å². The fraction of sp³-hybridized carbons (Fsp3) is 0.348. The first-order valence-corrected chi connectivity index (χ1v) is 11.6. The van der Waals surface area contributed by atoms with Crippen molar-refractivity contribution in [1.29, 1.82) is 0 Å². The van der Waals surface area contributed by atoms with Gasteiger partial charge in [0.25, 0.3) is 5.91 Å². The molecule has 182 valence electrons. The predicted molar refractivity (Wildman–Crippen MR) is 131 cm³/mol. The van der Waals surface area contributed by atoms with E-state index in [1.54, 1.807) is 41.8 Å². The fourth-order valence-electron chi connectivity index (χ4n) is 4.21. The Kier molecular flexibility index (Phi) is 5.91. The molecule has 1 aliphatic heterocycles. The summed E-state index contributed by atoms with van der Waals surface area (Å²) in [4.78, 5) is 39.1. The quantitative estimate of drug-likeness (QED) is 0.313. The van der Waals surface area contributed by atoms with Gasteiger partial charge >= 0.3 is 0 Å². The van der Waals surface area contributed by atoms with Gasteiger partial charge in [-0.2, -0.15) is 5.10 Å². The van der Waals surface area contributed by atoms with Gasteiger partial charge in [0.05, 0.1) is 29.9 Å². The summed E-state index contributed by atoms with van der Waals surface area (Å²) >= 11 is 6.19. The van der Waals surface area contributed by atoms with Crippen molar-refractivity contribution >= 4 is 45.5 Å². The minimum Gasteiger partial charge on any atom is -0.391 e. The van der Waals surface area contributed by atoms with Crippen LogP contribution in [0.15, 0.2) is 30.6 Å². The number of hydrogen-bond donors (Lipinski definition) is 4. The van der Waals surface area contributed by atoms with Crippen molar-refractivity contribution < 1.29 is 14.7 Å². The molecule has 1 unspecified atom stereocenters. The number of amides is 2. The number of hydrogen-bond acceptors (Lipinski definition) is 7. The standard InChI is InChI=1S/C23H25ClN8O3/c1-11(33)8-32-18-5-13(24)3-4-15(18)19(30-32)17-7-27-21-20(29-17)16(6-26-21)22(34)28-12(2)23(35)31-9-14(25)10-31/h3-7,11-12,14,33H,8-10,25H2,1-2H3,(H,26,27)(H,28,34)/t11?,12-/m1/s1. The second-order valence-corrected chi connectivity index (χ2v) is 9.33. The summed E-state index contributed by atoms with van der Waals surface area (Å²) in [6, 6.07) is 4.65. The zero-order valence-electron chi connectivity index (χ0n) is 19.2. The van der Waals surface area contributed by atoms with E-state index in [9.17, 15) is 14.7 Å². The van der Waals surface area contributed by atoms with Crippen molar-refractivity contribution in [2.45, 2.75) is 38.6 Å². The van der Waals surface area contributed by atoms with Crippen molar-refractivity contribution in [3.05, 3.63) is 41.2 Å². The van der Waals surface area contributed by atoms with E-state index in [1.807, 2.05) is 6.07 Å². The van der Waals surface area contributed by atoms with Gasteiger partial charge in [0.2, 0.25) is 5.91 Å². The third kappa shape index (κ3) is 4.33. The number of likely N-dealkylation sites (tertiary alicyclic amines) is 1. The molecule has 2 atom stereocenters. The monoisotopic (exact) mass is 496 g/mol. The number of halogens is 1. The third-order valence-corrected chi connectivity index (χ3v) is 6.19. The largest absolute Gasteiger partial charge is 0.391 e. The van der Waals surface area contributed by atoms with E-state index in [0.29, 0.717) is 40.7 Å². The fourth-order valence-corrected chi connectivity index (χ4v) is 4.37. The zero-order valence-corrected chi connectivity index (χ0v) is 20.0. The molecule has 35 heavy (non-hydrogen) atoms. The lowest BCUT2D eigenvalue weighted by molar-refractivity contribution is -0.137. The van der Waals surface area contributed by atoms with E-state index < -0.39 is 18.1 Å². The van der Waals surface area contributed by atoms with Crippen molar-refractivity contribution in [3.63, 3.8) is 0 Å². The topological polar surface area (TPSA) is 155 Å². The maximum absolute atomic E-state index is 13.0. The highest BCUT2D eigenvalue weighted by atomic mass is 35.5. The zero-order chi connectivity index (χ0) is 24.9. The molecule has 12 heteroatoms. The number of aliphatic hydroxyl groups is 1. The normalized spacial score (nSPS) is 15.9. The van der Waals surface area contributed by atoms with Crippen LogP contribution >= 0.6 is 11.6 Å². The number of aromatic nitrogens is 5. The molecule has 0 spiro atoms. The van der Waals surface area contributed by atoms with Gasteiger partial charge in [0.1, 0.15) is 22.9 Å². The lowest BCUT2D eigenvalue weighted by Crippen LogP contribution is -2.61. The minimum absolute atomic E-state index is 0.0136. The number of fused-ring (bicyclic) bond motifs is 2. The van der Waals surface area contributed by atoms with Crippen LogP contribution < -0.4 is 11.1 Å². The van der Waals surface area contributed by atoms with Crippen LogP contribution in [0.25, 0.3) is 33.5 Å². The Bertz CT molecular complexity index is 1440. The summed E-state index contributed by atoms with van der Waals surface area (Å²) in [7, 11) is 0. The lowest BCUT2D eigenvalue weighted by Gasteiger charge is -2.38. The maximum atomic E-state index is 13.0. The van der Waals surface area contributed by atoms with Gasteiger partial charge in [-0.3, -0.25) is 14.3 Å². The Hall–Kier alpha value is -3.54. The summed E-state index contributed by atoms with van der Waals surface area (Å²) in [5.74, 6) is -0.620. The molecule has 3 aromatic heterocycles. The van der Waals surface area contributed by atoms with Crippen LogP contribution in [0, 0.1) is 0 Å². The molecule has 0 saturated carbocycles. The van der Waals surface area contributed by atoms with Gasteiger partial charge < -0.3 is 26.0 Å². The molecule has 1 aliphatic rings. The first-order valence-electron chi connectivity index (χ1n) is 11.2. The number of carbonyl (C=O) groups is 2.